The molecule has 5 rings (SSSR count). The van der Waals surface area contributed by atoms with Gasteiger partial charge in [-0.1, -0.05) is 11.6 Å². The zero-order chi connectivity index (χ0) is 24.9. The van der Waals surface area contributed by atoms with Crippen molar-refractivity contribution in [2.24, 2.45) is 5.73 Å². The monoisotopic (exact) mass is 489 g/mol. The summed E-state index contributed by atoms with van der Waals surface area (Å²) in [5, 5.41) is 9.00. The Morgan fingerprint density at radius 3 is 2.77 bits per heavy atom. The minimum Gasteiger partial charge on any atom is -0.483 e. The summed E-state index contributed by atoms with van der Waals surface area (Å²) in [5.74, 6) is -0.198. The van der Waals surface area contributed by atoms with Crippen molar-refractivity contribution in [1.29, 1.82) is 0 Å². The summed E-state index contributed by atoms with van der Waals surface area (Å²) in [5.41, 5.74) is 8.87. The van der Waals surface area contributed by atoms with E-state index in [4.69, 9.17) is 26.5 Å². The van der Waals surface area contributed by atoms with Gasteiger partial charge in [-0.3, -0.25) is 9.59 Å². The summed E-state index contributed by atoms with van der Waals surface area (Å²) in [6.45, 7) is 5.39. The van der Waals surface area contributed by atoms with E-state index in [2.05, 4.69) is 15.2 Å². The van der Waals surface area contributed by atoms with Crippen molar-refractivity contribution in [3.05, 3.63) is 86.6 Å². The zero-order valence-electron chi connectivity index (χ0n) is 19.1. The number of ether oxygens (including phenoxy) is 1. The van der Waals surface area contributed by atoms with E-state index in [1.54, 1.807) is 38.4 Å². The van der Waals surface area contributed by atoms with Crippen molar-refractivity contribution < 1.29 is 13.9 Å². The lowest BCUT2D eigenvalue weighted by Gasteiger charge is -2.19. The Kier molecular flexibility index (Phi) is 5.49. The standard InChI is InChI=1S/C25H20ClN5O4/c1-12-9-15(14(3)34-19-6-7-20(26)30-21(19)25(27)33)24-16(10-12)22(32)13(2)23(35-24)17-11-29-31-18(17)5-4-8-28-31/h4-11,14H,1-3H3,(H2,27,33). The summed E-state index contributed by atoms with van der Waals surface area (Å²) in [7, 11) is 0. The molecular weight excluding hydrogens is 470 g/mol. The molecule has 176 valence electrons. The number of nitrogens with zero attached hydrogens (tertiary/aromatic N) is 4. The minimum atomic E-state index is -0.769. The Morgan fingerprint density at radius 2 is 2.00 bits per heavy atom. The molecule has 0 aliphatic rings. The van der Waals surface area contributed by atoms with Crippen LogP contribution >= 0.6 is 11.6 Å². The largest absolute Gasteiger partial charge is 0.483 e. The maximum absolute atomic E-state index is 13.4. The van der Waals surface area contributed by atoms with E-state index >= 15 is 0 Å². The van der Waals surface area contributed by atoms with Crippen LogP contribution in [0.15, 0.2) is 58.0 Å². The van der Waals surface area contributed by atoms with Crippen molar-refractivity contribution in [1.82, 2.24) is 19.8 Å². The number of benzene rings is 1. The molecule has 5 aromatic rings. The number of hydrogen-bond donors (Lipinski definition) is 1. The van der Waals surface area contributed by atoms with Gasteiger partial charge in [0, 0.05) is 17.3 Å². The average Bonchev–Trinajstić information content (AvgIpc) is 3.26. The number of pyridine rings is 1. The maximum Gasteiger partial charge on any atom is 0.271 e. The summed E-state index contributed by atoms with van der Waals surface area (Å²) < 4.78 is 13.9. The summed E-state index contributed by atoms with van der Waals surface area (Å²) in [6.07, 6.45) is 2.62. The highest BCUT2D eigenvalue weighted by molar-refractivity contribution is 6.29. The molecule has 1 amide bonds. The van der Waals surface area contributed by atoms with Gasteiger partial charge < -0.3 is 14.9 Å². The summed E-state index contributed by atoms with van der Waals surface area (Å²) >= 11 is 5.92. The Labute approximate surface area is 204 Å². The quantitative estimate of drug-likeness (QED) is 0.362. The van der Waals surface area contributed by atoms with E-state index in [0.29, 0.717) is 38.9 Å². The Hall–Kier alpha value is -4.24. The van der Waals surface area contributed by atoms with Crippen LogP contribution in [0.1, 0.15) is 40.2 Å². The molecule has 1 aromatic carbocycles. The predicted octanol–water partition coefficient (Wildman–Crippen LogP) is 4.41. The van der Waals surface area contributed by atoms with Gasteiger partial charge in [0.1, 0.15) is 22.6 Å². The molecule has 0 bridgehead atoms. The fourth-order valence-electron chi connectivity index (χ4n) is 4.08. The molecule has 0 aliphatic carbocycles. The first kappa shape index (κ1) is 22.5. The predicted molar refractivity (Wildman–Crippen MR) is 131 cm³/mol. The number of primary amides is 1. The topological polar surface area (TPSA) is 126 Å². The number of fused-ring (bicyclic) bond motifs is 2. The first-order valence-electron chi connectivity index (χ1n) is 10.7. The molecule has 0 saturated heterocycles. The molecule has 0 spiro atoms. The molecule has 0 aliphatic heterocycles. The number of aromatic nitrogens is 4. The third-order valence-corrected chi connectivity index (χ3v) is 5.95. The van der Waals surface area contributed by atoms with Crippen molar-refractivity contribution >= 4 is 34.0 Å². The first-order valence-corrected chi connectivity index (χ1v) is 11.1. The number of amides is 1. The van der Waals surface area contributed by atoms with Crippen molar-refractivity contribution in [2.45, 2.75) is 26.9 Å². The Balaban J connectivity index is 1.69. The van der Waals surface area contributed by atoms with E-state index in [1.165, 1.54) is 16.8 Å². The van der Waals surface area contributed by atoms with Crippen LogP contribution in [0.4, 0.5) is 0 Å². The van der Waals surface area contributed by atoms with Crippen LogP contribution in [0, 0.1) is 13.8 Å². The minimum absolute atomic E-state index is 0.0850. The summed E-state index contributed by atoms with van der Waals surface area (Å²) in [4.78, 5) is 29.3. The van der Waals surface area contributed by atoms with Crippen LogP contribution in [-0.4, -0.2) is 25.7 Å². The zero-order valence-corrected chi connectivity index (χ0v) is 19.8. The fraction of sp³-hybridized carbons (Fsp3) is 0.160. The van der Waals surface area contributed by atoms with Gasteiger partial charge in [0.25, 0.3) is 5.91 Å². The van der Waals surface area contributed by atoms with Gasteiger partial charge in [-0.15, -0.1) is 0 Å². The van der Waals surface area contributed by atoms with Crippen molar-refractivity contribution in [3.63, 3.8) is 0 Å². The van der Waals surface area contributed by atoms with Gasteiger partial charge in [0.15, 0.2) is 16.9 Å². The smallest absolute Gasteiger partial charge is 0.271 e. The van der Waals surface area contributed by atoms with Crippen molar-refractivity contribution in [3.8, 4) is 17.1 Å². The molecule has 1 atom stereocenters. The van der Waals surface area contributed by atoms with Crippen LogP contribution in [0.2, 0.25) is 5.15 Å². The lowest BCUT2D eigenvalue weighted by atomic mass is 10.00. The third kappa shape index (κ3) is 3.89. The summed E-state index contributed by atoms with van der Waals surface area (Å²) in [6, 6.07) is 10.3. The lowest BCUT2D eigenvalue weighted by Crippen LogP contribution is -2.17. The molecule has 0 radical (unpaired) electrons. The van der Waals surface area contributed by atoms with Gasteiger partial charge in [-0.2, -0.15) is 14.8 Å². The average molecular weight is 490 g/mol. The molecule has 4 aromatic heterocycles. The highest BCUT2D eigenvalue weighted by Gasteiger charge is 2.23. The van der Waals surface area contributed by atoms with Crippen LogP contribution in [0.5, 0.6) is 5.75 Å². The maximum atomic E-state index is 13.4. The molecule has 1 unspecified atom stereocenters. The van der Waals surface area contributed by atoms with Gasteiger partial charge in [0.05, 0.1) is 22.7 Å². The van der Waals surface area contributed by atoms with Crippen molar-refractivity contribution in [2.75, 3.05) is 0 Å². The van der Waals surface area contributed by atoms with E-state index in [0.717, 1.165) is 5.56 Å². The second kappa shape index (κ2) is 8.52. The molecular formula is C25H20ClN5O4. The highest BCUT2D eigenvalue weighted by Crippen LogP contribution is 2.34. The number of nitrogens with two attached hydrogens (primary N) is 1. The Morgan fingerprint density at radius 1 is 1.20 bits per heavy atom. The number of hydrogen-bond acceptors (Lipinski definition) is 7. The Bertz CT molecular complexity index is 1690. The molecule has 4 heterocycles. The van der Waals surface area contributed by atoms with E-state index in [9.17, 15) is 9.59 Å². The first-order chi connectivity index (χ1) is 16.7. The molecule has 10 heteroatoms. The van der Waals surface area contributed by atoms with E-state index in [-0.39, 0.29) is 22.0 Å². The van der Waals surface area contributed by atoms with Crippen LogP contribution in [0.3, 0.4) is 0 Å². The molecule has 0 saturated carbocycles. The number of halogens is 1. The SMILES string of the molecule is Cc1cc(C(C)Oc2ccc(Cl)nc2C(N)=O)c2oc(-c3cnn4ncccc34)c(C)c(=O)c2c1. The number of carbonyl (C=O) groups is 1. The molecule has 35 heavy (non-hydrogen) atoms. The van der Waals surface area contributed by atoms with E-state index in [1.807, 2.05) is 19.1 Å². The lowest BCUT2D eigenvalue weighted by molar-refractivity contribution is 0.0988. The van der Waals surface area contributed by atoms with Crippen LogP contribution < -0.4 is 15.9 Å². The molecule has 2 N–H and O–H groups in total. The fourth-order valence-corrected chi connectivity index (χ4v) is 4.23. The van der Waals surface area contributed by atoms with Gasteiger partial charge in [-0.25, -0.2) is 4.98 Å². The van der Waals surface area contributed by atoms with Crippen LogP contribution in [-0.2, 0) is 0 Å². The second-order valence-electron chi connectivity index (χ2n) is 8.18. The number of aryl methyl sites for hydroxylation is 1. The molecule has 0 fully saturated rings. The third-order valence-electron chi connectivity index (χ3n) is 5.74. The number of rotatable bonds is 5. The molecule has 9 nitrogen and oxygen atoms in total. The van der Waals surface area contributed by atoms with Crippen LogP contribution in [0.25, 0.3) is 27.8 Å². The van der Waals surface area contributed by atoms with Gasteiger partial charge >= 0.3 is 0 Å². The highest BCUT2D eigenvalue weighted by atomic mass is 35.5. The number of carbonyl (C=O) groups excluding carboxylic acids is 1. The van der Waals surface area contributed by atoms with E-state index < -0.39 is 12.0 Å². The van der Waals surface area contributed by atoms with Gasteiger partial charge in [-0.05, 0) is 62.7 Å². The second-order valence-corrected chi connectivity index (χ2v) is 8.57. The van der Waals surface area contributed by atoms with Gasteiger partial charge in [0.2, 0.25) is 0 Å². The normalized spacial score (nSPS) is 12.2.